The van der Waals surface area contributed by atoms with E-state index in [9.17, 15) is 18.7 Å². The smallest absolute Gasteiger partial charge is 0.336 e. The van der Waals surface area contributed by atoms with E-state index in [0.29, 0.717) is 35.2 Å². The Labute approximate surface area is 299 Å². The van der Waals surface area contributed by atoms with Gasteiger partial charge in [0, 0.05) is 16.8 Å². The fourth-order valence-corrected chi connectivity index (χ4v) is 9.13. The average Bonchev–Trinajstić information content (AvgIpc) is 3.85. The third-order valence-corrected chi connectivity index (χ3v) is 11.3. The highest BCUT2D eigenvalue weighted by atomic mass is 19.3. The minimum atomic E-state index is -2.61. The van der Waals surface area contributed by atoms with Gasteiger partial charge in [-0.1, -0.05) is 109 Å². The van der Waals surface area contributed by atoms with Crippen LogP contribution < -0.4 is 5.73 Å². The van der Waals surface area contributed by atoms with Crippen LogP contribution in [-0.2, 0) is 19.3 Å². The average molecular weight is 680 g/mol. The van der Waals surface area contributed by atoms with Crippen LogP contribution in [0.4, 0.5) is 14.5 Å². The maximum atomic E-state index is 14.0. The second-order valence-electron chi connectivity index (χ2n) is 14.0. The van der Waals surface area contributed by atoms with Crippen molar-refractivity contribution in [1.82, 2.24) is 0 Å². The van der Waals surface area contributed by atoms with Crippen molar-refractivity contribution in [3.05, 3.63) is 172 Å². The SMILES string of the molecule is Nc1ccc2c(c1-c1cc(-c3cccc4c3Cc3ccccc3-4)c3c(c1C(=O)O)Cc1cccc(-c4cccc(C(F)F)c4)c1-3)Cc1ccccc1-2. The predicted octanol–water partition coefficient (Wildman–Crippen LogP) is 11.6. The summed E-state index contributed by atoms with van der Waals surface area (Å²) in [6.45, 7) is 0. The number of benzene rings is 7. The van der Waals surface area contributed by atoms with Crippen LogP contribution in [0.2, 0.25) is 0 Å². The topological polar surface area (TPSA) is 63.3 Å². The molecule has 3 N–H and O–H groups in total. The van der Waals surface area contributed by atoms with Gasteiger partial charge in [0.05, 0.1) is 5.56 Å². The van der Waals surface area contributed by atoms with Gasteiger partial charge in [0.2, 0.25) is 0 Å². The van der Waals surface area contributed by atoms with E-state index in [4.69, 9.17) is 5.73 Å². The number of hydrogen-bond donors (Lipinski definition) is 2. The molecule has 10 rings (SSSR count). The summed E-state index contributed by atoms with van der Waals surface area (Å²) in [7, 11) is 0. The molecule has 52 heavy (non-hydrogen) atoms. The molecule has 0 radical (unpaired) electrons. The largest absolute Gasteiger partial charge is 0.478 e. The maximum absolute atomic E-state index is 14.0. The summed E-state index contributed by atoms with van der Waals surface area (Å²) in [5, 5.41) is 11.2. The molecule has 0 heterocycles. The summed E-state index contributed by atoms with van der Waals surface area (Å²) in [5.74, 6) is -1.02. The summed E-state index contributed by atoms with van der Waals surface area (Å²) in [5.41, 5.74) is 25.0. The molecule has 0 saturated heterocycles. The molecule has 0 saturated carbocycles. The second kappa shape index (κ2) is 11.3. The predicted molar refractivity (Wildman–Crippen MR) is 204 cm³/mol. The quantitative estimate of drug-likeness (QED) is 0.178. The Kier molecular flexibility index (Phi) is 6.65. The summed E-state index contributed by atoms with van der Waals surface area (Å²) in [4.78, 5) is 13.7. The molecule has 7 aromatic carbocycles. The van der Waals surface area contributed by atoms with E-state index in [1.165, 1.54) is 28.3 Å². The molecule has 0 aliphatic heterocycles. The maximum Gasteiger partial charge on any atom is 0.336 e. The van der Waals surface area contributed by atoms with Crippen LogP contribution in [0.1, 0.15) is 55.7 Å². The Morgan fingerprint density at radius 1 is 0.519 bits per heavy atom. The van der Waals surface area contributed by atoms with Gasteiger partial charge in [0.1, 0.15) is 0 Å². The number of anilines is 1. The second-order valence-corrected chi connectivity index (χ2v) is 14.0. The summed E-state index contributed by atoms with van der Waals surface area (Å²) in [6.07, 6.45) is -0.827. The third kappa shape index (κ3) is 4.38. The molecule has 0 fully saturated rings. The van der Waals surface area contributed by atoms with Crippen LogP contribution in [0.25, 0.3) is 66.8 Å². The molecule has 0 spiro atoms. The van der Waals surface area contributed by atoms with Gasteiger partial charge >= 0.3 is 5.97 Å². The van der Waals surface area contributed by atoms with Gasteiger partial charge in [-0.3, -0.25) is 0 Å². The number of nitrogen functional groups attached to an aromatic ring is 1. The normalized spacial score (nSPS) is 13.0. The molecule has 250 valence electrons. The van der Waals surface area contributed by atoms with Gasteiger partial charge in [-0.05, 0) is 132 Å². The Bertz CT molecular complexity index is 2690. The number of rotatable bonds is 5. The first kappa shape index (κ1) is 30.5. The first-order valence-corrected chi connectivity index (χ1v) is 17.5. The van der Waals surface area contributed by atoms with Crippen molar-refractivity contribution in [1.29, 1.82) is 0 Å². The Morgan fingerprint density at radius 2 is 1.10 bits per heavy atom. The third-order valence-electron chi connectivity index (χ3n) is 11.3. The number of hydrogen-bond acceptors (Lipinski definition) is 2. The van der Waals surface area contributed by atoms with E-state index >= 15 is 0 Å². The molecule has 3 nitrogen and oxygen atoms in total. The van der Waals surface area contributed by atoms with Crippen LogP contribution in [0.15, 0.2) is 127 Å². The van der Waals surface area contributed by atoms with Gasteiger partial charge in [-0.2, -0.15) is 0 Å². The lowest BCUT2D eigenvalue weighted by molar-refractivity contribution is 0.0697. The summed E-state index contributed by atoms with van der Waals surface area (Å²) >= 11 is 0. The molecule has 0 unspecified atom stereocenters. The lowest BCUT2D eigenvalue weighted by Gasteiger charge is -2.22. The number of nitrogens with two attached hydrogens (primary N) is 1. The van der Waals surface area contributed by atoms with Gasteiger partial charge in [0.25, 0.3) is 6.43 Å². The first-order valence-electron chi connectivity index (χ1n) is 17.5. The number of carboxylic acid groups (broad SMARTS) is 1. The highest BCUT2D eigenvalue weighted by Crippen LogP contribution is 2.55. The number of fused-ring (bicyclic) bond motifs is 9. The van der Waals surface area contributed by atoms with E-state index in [2.05, 4.69) is 60.7 Å². The standard InChI is InChI=1S/C47H31F2NO2/c48-46(49)29-12-5-10-25(20-29)32-15-6-11-28-23-39-44(42(28)32)38(34-17-7-16-33-30-13-3-1-8-26(30)21-36(33)34)24-40(45(39)47(51)52)43-37-22-27-9-2-4-14-31(27)35(37)18-19-41(43)50/h1-20,24,46H,21-23,50H2,(H,51,52). The molecular formula is C47H31F2NO2. The molecule has 3 aliphatic carbocycles. The van der Waals surface area contributed by atoms with Crippen molar-refractivity contribution in [3.8, 4) is 66.8 Å². The highest BCUT2D eigenvalue weighted by Gasteiger charge is 2.35. The number of carboxylic acids is 1. The number of halogens is 2. The van der Waals surface area contributed by atoms with E-state index in [0.717, 1.165) is 67.6 Å². The zero-order chi connectivity index (χ0) is 35.2. The number of carbonyl (C=O) groups is 1. The molecule has 7 aromatic rings. The van der Waals surface area contributed by atoms with Crippen LogP contribution >= 0.6 is 0 Å². The lowest BCUT2D eigenvalue weighted by Crippen LogP contribution is -2.09. The molecule has 0 amide bonds. The number of aromatic carboxylic acids is 1. The molecule has 0 aromatic heterocycles. The fourth-order valence-electron chi connectivity index (χ4n) is 9.13. The van der Waals surface area contributed by atoms with E-state index < -0.39 is 12.4 Å². The monoisotopic (exact) mass is 679 g/mol. The van der Waals surface area contributed by atoms with Gasteiger partial charge < -0.3 is 10.8 Å². The zero-order valence-electron chi connectivity index (χ0n) is 28.0. The van der Waals surface area contributed by atoms with Crippen molar-refractivity contribution in [2.75, 3.05) is 5.73 Å². The molecule has 5 heteroatoms. The van der Waals surface area contributed by atoms with Crippen LogP contribution in [0.5, 0.6) is 0 Å². The van der Waals surface area contributed by atoms with Crippen molar-refractivity contribution in [2.45, 2.75) is 25.7 Å². The molecule has 0 bridgehead atoms. The number of alkyl halides is 2. The Morgan fingerprint density at radius 3 is 1.83 bits per heavy atom. The lowest BCUT2D eigenvalue weighted by atomic mass is 9.81. The minimum Gasteiger partial charge on any atom is -0.478 e. The van der Waals surface area contributed by atoms with Gasteiger partial charge in [-0.15, -0.1) is 0 Å². The highest BCUT2D eigenvalue weighted by molar-refractivity contribution is 6.10. The Hall–Kier alpha value is -6.33. The summed E-state index contributed by atoms with van der Waals surface area (Å²) < 4.78 is 28.0. The molecule has 3 aliphatic rings. The van der Waals surface area contributed by atoms with Crippen LogP contribution in [0, 0.1) is 0 Å². The van der Waals surface area contributed by atoms with E-state index in [1.54, 1.807) is 12.1 Å². The Balaban J connectivity index is 1.31. The van der Waals surface area contributed by atoms with Gasteiger partial charge in [-0.25, -0.2) is 13.6 Å². The summed E-state index contributed by atoms with van der Waals surface area (Å²) in [6, 6.07) is 41.5. The van der Waals surface area contributed by atoms with Crippen molar-refractivity contribution < 1.29 is 18.7 Å². The van der Waals surface area contributed by atoms with Crippen molar-refractivity contribution in [3.63, 3.8) is 0 Å². The van der Waals surface area contributed by atoms with Gasteiger partial charge in [0.15, 0.2) is 0 Å². The van der Waals surface area contributed by atoms with E-state index in [-0.39, 0.29) is 11.1 Å². The molecule has 0 atom stereocenters. The molecular weight excluding hydrogens is 649 g/mol. The first-order chi connectivity index (χ1) is 25.4. The van der Waals surface area contributed by atoms with Crippen LogP contribution in [-0.4, -0.2) is 11.1 Å². The minimum absolute atomic E-state index is 0.0526. The van der Waals surface area contributed by atoms with Crippen molar-refractivity contribution >= 4 is 11.7 Å². The van der Waals surface area contributed by atoms with E-state index in [1.807, 2.05) is 48.5 Å². The van der Waals surface area contributed by atoms with Crippen molar-refractivity contribution in [2.24, 2.45) is 0 Å². The van der Waals surface area contributed by atoms with Crippen LogP contribution in [0.3, 0.4) is 0 Å². The fraction of sp³-hybridized carbons (Fsp3) is 0.0851. The zero-order valence-corrected chi connectivity index (χ0v) is 28.0.